The van der Waals surface area contributed by atoms with E-state index >= 15 is 0 Å². The number of guanidine groups is 1. The van der Waals surface area contributed by atoms with Gasteiger partial charge in [0.15, 0.2) is 0 Å². The first kappa shape index (κ1) is 30.0. The van der Waals surface area contributed by atoms with Crippen LogP contribution in [0.5, 0.6) is 0 Å². The minimum atomic E-state index is -4.54. The minimum Gasteiger partial charge on any atom is -0.388 e. The van der Waals surface area contributed by atoms with Crippen molar-refractivity contribution in [3.05, 3.63) is 65.0 Å². The molecule has 35 heavy (non-hydrogen) atoms. The van der Waals surface area contributed by atoms with Gasteiger partial charge in [-0.15, -0.1) is 0 Å². The Bertz CT molecular complexity index is 1040. The third-order valence-corrected chi connectivity index (χ3v) is 6.00. The van der Waals surface area contributed by atoms with E-state index in [0.717, 1.165) is 24.3 Å². The van der Waals surface area contributed by atoms with E-state index in [4.69, 9.17) is 5.73 Å². The van der Waals surface area contributed by atoms with Crippen molar-refractivity contribution in [3.8, 4) is 0 Å². The molecule has 1 aliphatic rings. The Morgan fingerprint density at radius 3 is 2.49 bits per heavy atom. The molecule has 7 nitrogen and oxygen atoms in total. The van der Waals surface area contributed by atoms with Gasteiger partial charge in [-0.1, -0.05) is 19.1 Å². The van der Waals surface area contributed by atoms with Crippen LogP contribution in [0.1, 0.15) is 31.9 Å². The number of alkyl halides is 3. The number of nitrogens with two attached hydrogens (primary N) is 1. The molecule has 1 heterocycles. The average Bonchev–Trinajstić information content (AvgIpc) is 2.77. The Hall–Kier alpha value is -2.99. The lowest BCUT2D eigenvalue weighted by Crippen LogP contribution is -2.41. The third kappa shape index (κ3) is 8.95. The average molecular weight is 519 g/mol. The standard InChI is InChI=1S/C21H24F4N4O2S.C2H6O/c1-4-6-13(7-8-14(5-2)21(23,24)25)19(30)27-15-9-10-17(22)16(11-15)18-12-32(31)29(3)20(26)28-18;1-3-2/h5-11,18H,4,12H2,1-3H3,(H2,26,28)(H,27,30);1-2H3/b8-7-,13-6-,14-5+;. The van der Waals surface area contributed by atoms with E-state index < -0.39 is 40.5 Å². The SMILES string of the molecule is COC.C\C=C(/C=C\C(=C\CC)C(=O)Nc1ccc(F)c(C2CS(=O)N(C)C(N)=N2)c1)C(F)(F)F. The highest BCUT2D eigenvalue weighted by Gasteiger charge is 2.31. The highest BCUT2D eigenvalue weighted by Crippen LogP contribution is 2.29. The molecule has 0 fully saturated rings. The molecule has 0 saturated heterocycles. The topological polar surface area (TPSA) is 97.0 Å². The van der Waals surface area contributed by atoms with E-state index in [2.05, 4.69) is 15.0 Å². The molecule has 194 valence electrons. The summed E-state index contributed by atoms with van der Waals surface area (Å²) in [6.07, 6.45) is 0.155. The van der Waals surface area contributed by atoms with Gasteiger partial charge in [-0.2, -0.15) is 13.2 Å². The van der Waals surface area contributed by atoms with Crippen molar-refractivity contribution >= 4 is 28.5 Å². The van der Waals surface area contributed by atoms with Gasteiger partial charge in [0.05, 0.1) is 17.4 Å². The smallest absolute Gasteiger partial charge is 0.388 e. The van der Waals surface area contributed by atoms with Crippen molar-refractivity contribution in [2.24, 2.45) is 10.7 Å². The second kappa shape index (κ2) is 13.8. The molecule has 1 aromatic rings. The van der Waals surface area contributed by atoms with Crippen LogP contribution in [0.3, 0.4) is 0 Å². The van der Waals surface area contributed by atoms with Crippen LogP contribution in [0, 0.1) is 5.82 Å². The molecule has 0 saturated carbocycles. The highest BCUT2D eigenvalue weighted by atomic mass is 32.2. The molecule has 2 unspecified atom stereocenters. The number of nitrogens with one attached hydrogen (secondary N) is 1. The molecule has 12 heteroatoms. The van der Waals surface area contributed by atoms with Gasteiger partial charge >= 0.3 is 6.18 Å². The van der Waals surface area contributed by atoms with E-state index in [1.165, 1.54) is 36.5 Å². The van der Waals surface area contributed by atoms with Crippen molar-refractivity contribution in [1.82, 2.24) is 4.31 Å². The molecule has 3 N–H and O–H groups in total. The maximum absolute atomic E-state index is 14.4. The Morgan fingerprint density at radius 2 is 1.97 bits per heavy atom. The summed E-state index contributed by atoms with van der Waals surface area (Å²) >= 11 is 0. The maximum Gasteiger partial charge on any atom is 0.416 e. The number of rotatable bonds is 6. The van der Waals surface area contributed by atoms with Gasteiger partial charge in [-0.05, 0) is 43.7 Å². The predicted octanol–water partition coefficient (Wildman–Crippen LogP) is 4.39. The van der Waals surface area contributed by atoms with Crippen molar-refractivity contribution in [2.75, 3.05) is 32.3 Å². The molecule has 1 aliphatic heterocycles. The summed E-state index contributed by atoms with van der Waals surface area (Å²) in [4.78, 5) is 16.8. The summed E-state index contributed by atoms with van der Waals surface area (Å²) in [5.41, 5.74) is 5.17. The molecule has 0 spiro atoms. The van der Waals surface area contributed by atoms with Crippen LogP contribution < -0.4 is 11.1 Å². The zero-order chi connectivity index (χ0) is 26.8. The molecule has 0 aromatic heterocycles. The Labute approximate surface area is 205 Å². The fourth-order valence-corrected chi connectivity index (χ4v) is 3.86. The molecule has 1 aromatic carbocycles. The number of ether oxygens (including phenoxy) is 1. The lowest BCUT2D eigenvalue weighted by molar-refractivity contribution is -0.112. The number of anilines is 1. The number of benzene rings is 1. The molecule has 2 atom stereocenters. The monoisotopic (exact) mass is 518 g/mol. The lowest BCUT2D eigenvalue weighted by Gasteiger charge is -2.26. The fraction of sp³-hybridized carbons (Fsp3) is 0.391. The van der Waals surface area contributed by atoms with E-state index in [1.807, 2.05) is 0 Å². The van der Waals surface area contributed by atoms with Gasteiger partial charge in [0.1, 0.15) is 16.8 Å². The lowest BCUT2D eigenvalue weighted by atomic mass is 10.1. The Morgan fingerprint density at radius 1 is 1.34 bits per heavy atom. The summed E-state index contributed by atoms with van der Waals surface area (Å²) in [6, 6.07) is 2.98. The largest absolute Gasteiger partial charge is 0.416 e. The number of hydrogen-bond donors (Lipinski definition) is 2. The number of methoxy groups -OCH3 is 1. The summed E-state index contributed by atoms with van der Waals surface area (Å²) < 4.78 is 70.8. The van der Waals surface area contributed by atoms with Gasteiger partial charge in [0, 0.05) is 38.1 Å². The quantitative estimate of drug-likeness (QED) is 0.332. The number of carbonyl (C=O) groups excluding carboxylic acids is 1. The molecule has 0 bridgehead atoms. The van der Waals surface area contributed by atoms with Crippen LogP contribution in [0.2, 0.25) is 0 Å². The molecule has 0 aliphatic carbocycles. The maximum atomic E-state index is 14.4. The number of nitrogens with zero attached hydrogens (tertiary/aromatic N) is 2. The van der Waals surface area contributed by atoms with Gasteiger partial charge < -0.3 is 15.8 Å². The van der Waals surface area contributed by atoms with E-state index in [0.29, 0.717) is 6.42 Å². The van der Waals surface area contributed by atoms with Gasteiger partial charge in [-0.3, -0.25) is 9.10 Å². The van der Waals surface area contributed by atoms with Crippen LogP contribution in [0.4, 0.5) is 23.2 Å². The van der Waals surface area contributed by atoms with Crippen molar-refractivity contribution in [1.29, 1.82) is 0 Å². The van der Waals surface area contributed by atoms with Crippen LogP contribution in [-0.2, 0) is 20.5 Å². The number of halogens is 4. The third-order valence-electron chi connectivity index (χ3n) is 4.60. The highest BCUT2D eigenvalue weighted by molar-refractivity contribution is 7.83. The zero-order valence-corrected chi connectivity index (χ0v) is 21.0. The first-order valence-electron chi connectivity index (χ1n) is 10.5. The van der Waals surface area contributed by atoms with Gasteiger partial charge in [-0.25, -0.2) is 13.6 Å². The van der Waals surface area contributed by atoms with E-state index in [-0.39, 0.29) is 28.5 Å². The van der Waals surface area contributed by atoms with Crippen LogP contribution >= 0.6 is 0 Å². The van der Waals surface area contributed by atoms with Crippen LogP contribution in [0.25, 0.3) is 0 Å². The van der Waals surface area contributed by atoms with E-state index in [1.54, 1.807) is 21.1 Å². The molecule has 0 radical (unpaired) electrons. The number of carbonyl (C=O) groups is 1. The Kier molecular flexibility index (Phi) is 11.8. The minimum absolute atomic E-state index is 0.00354. The summed E-state index contributed by atoms with van der Waals surface area (Å²) in [5.74, 6) is -1.26. The predicted molar refractivity (Wildman–Crippen MR) is 130 cm³/mol. The van der Waals surface area contributed by atoms with Crippen molar-refractivity contribution in [2.45, 2.75) is 32.5 Å². The van der Waals surface area contributed by atoms with Gasteiger partial charge in [0.2, 0.25) is 5.96 Å². The van der Waals surface area contributed by atoms with Crippen molar-refractivity contribution in [3.63, 3.8) is 0 Å². The molecule has 1 amide bonds. The normalized spacial score (nSPS) is 19.2. The van der Waals surface area contributed by atoms with Gasteiger partial charge in [0.25, 0.3) is 5.91 Å². The molecule has 2 rings (SSSR count). The number of amides is 1. The number of aliphatic imine (C=N–C) groups is 1. The number of hydrogen-bond acceptors (Lipinski definition) is 5. The van der Waals surface area contributed by atoms with Crippen LogP contribution in [0.15, 0.2) is 58.6 Å². The number of allylic oxidation sites excluding steroid dienone is 4. The molecular formula is C23H30F4N4O3S. The summed E-state index contributed by atoms with van der Waals surface area (Å²) in [6.45, 7) is 2.99. The van der Waals surface area contributed by atoms with Crippen molar-refractivity contribution < 1.29 is 31.3 Å². The summed E-state index contributed by atoms with van der Waals surface area (Å²) in [5, 5.41) is 2.55. The summed E-state index contributed by atoms with van der Waals surface area (Å²) in [7, 11) is 3.27. The second-order valence-electron chi connectivity index (χ2n) is 7.23. The first-order chi connectivity index (χ1) is 16.4. The second-order valence-corrected chi connectivity index (χ2v) is 8.75. The van der Waals surface area contributed by atoms with E-state index in [9.17, 15) is 26.6 Å². The fourth-order valence-electron chi connectivity index (χ4n) is 2.86. The molecular weight excluding hydrogens is 488 g/mol. The Balaban J connectivity index is 0.00000194. The zero-order valence-electron chi connectivity index (χ0n) is 20.1. The van der Waals surface area contributed by atoms with Crippen LogP contribution in [-0.4, -0.2) is 53.6 Å². The first-order valence-corrected chi connectivity index (χ1v) is 11.7.